The van der Waals surface area contributed by atoms with Crippen molar-refractivity contribution in [3.63, 3.8) is 0 Å². The van der Waals surface area contributed by atoms with E-state index in [1.54, 1.807) is 0 Å². The molecule has 1 fully saturated rings. The molecule has 0 spiro atoms. The van der Waals surface area contributed by atoms with E-state index in [0.29, 0.717) is 24.1 Å². The summed E-state index contributed by atoms with van der Waals surface area (Å²) in [6, 6.07) is 2.98. The summed E-state index contributed by atoms with van der Waals surface area (Å²) in [4.78, 5) is 17.1. The molecule has 0 amide bonds. The standard InChI is InChI=1S/C14H22N4O3/c1-3-15-13-7-12(18(19)20)8-14(16-13)17(2)9-11-5-4-6-21-10-11/h7-8,11H,3-6,9-10H2,1-2H3,(H,15,16). The van der Waals surface area contributed by atoms with Crippen molar-refractivity contribution < 1.29 is 9.66 Å². The third kappa shape index (κ3) is 4.29. The molecule has 0 bridgehead atoms. The summed E-state index contributed by atoms with van der Waals surface area (Å²) in [6.07, 6.45) is 2.20. The van der Waals surface area contributed by atoms with Crippen molar-refractivity contribution >= 4 is 17.3 Å². The van der Waals surface area contributed by atoms with Crippen LogP contribution in [0.3, 0.4) is 0 Å². The van der Waals surface area contributed by atoms with Crippen LogP contribution in [0.4, 0.5) is 17.3 Å². The Morgan fingerprint density at radius 1 is 1.57 bits per heavy atom. The quantitative estimate of drug-likeness (QED) is 0.640. The largest absolute Gasteiger partial charge is 0.381 e. The zero-order chi connectivity index (χ0) is 15.2. The molecule has 116 valence electrons. The number of aromatic nitrogens is 1. The van der Waals surface area contributed by atoms with Crippen molar-refractivity contribution in [2.24, 2.45) is 5.92 Å². The number of hydrogen-bond acceptors (Lipinski definition) is 6. The normalized spacial score (nSPS) is 18.3. The van der Waals surface area contributed by atoms with E-state index >= 15 is 0 Å². The van der Waals surface area contributed by atoms with E-state index in [1.807, 2.05) is 18.9 Å². The van der Waals surface area contributed by atoms with Crippen LogP contribution in [0.25, 0.3) is 0 Å². The fraction of sp³-hybridized carbons (Fsp3) is 0.643. The number of ether oxygens (including phenoxy) is 1. The van der Waals surface area contributed by atoms with E-state index in [9.17, 15) is 10.1 Å². The fourth-order valence-electron chi connectivity index (χ4n) is 2.51. The summed E-state index contributed by atoms with van der Waals surface area (Å²) in [7, 11) is 1.91. The Labute approximate surface area is 124 Å². The molecular weight excluding hydrogens is 272 g/mol. The van der Waals surface area contributed by atoms with Gasteiger partial charge in [0.2, 0.25) is 0 Å². The second-order valence-corrected chi connectivity index (χ2v) is 5.32. The van der Waals surface area contributed by atoms with E-state index in [0.717, 1.165) is 32.6 Å². The molecule has 0 aliphatic carbocycles. The second-order valence-electron chi connectivity index (χ2n) is 5.32. The molecule has 1 atom stereocenters. The van der Waals surface area contributed by atoms with Crippen molar-refractivity contribution in [3.8, 4) is 0 Å². The zero-order valence-corrected chi connectivity index (χ0v) is 12.5. The molecule has 0 aromatic carbocycles. The Morgan fingerprint density at radius 3 is 3.00 bits per heavy atom. The molecule has 2 heterocycles. The Hall–Kier alpha value is -1.89. The lowest BCUT2D eigenvalue weighted by Crippen LogP contribution is -2.31. The van der Waals surface area contributed by atoms with Crippen molar-refractivity contribution in [3.05, 3.63) is 22.2 Å². The molecule has 0 saturated carbocycles. The van der Waals surface area contributed by atoms with E-state index in [2.05, 4.69) is 10.3 Å². The number of rotatable bonds is 6. The van der Waals surface area contributed by atoms with Gasteiger partial charge in [-0.25, -0.2) is 4.98 Å². The highest BCUT2D eigenvalue weighted by Crippen LogP contribution is 2.24. The summed E-state index contributed by atoms with van der Waals surface area (Å²) < 4.78 is 5.48. The van der Waals surface area contributed by atoms with Crippen LogP contribution in [0.1, 0.15) is 19.8 Å². The first-order valence-electron chi connectivity index (χ1n) is 7.29. The second kappa shape index (κ2) is 7.21. The molecule has 2 rings (SSSR count). The van der Waals surface area contributed by atoms with Gasteiger partial charge >= 0.3 is 0 Å². The van der Waals surface area contributed by atoms with Gasteiger partial charge in [0.15, 0.2) is 0 Å². The number of pyridine rings is 1. The molecule has 1 N–H and O–H groups in total. The average Bonchev–Trinajstić information content (AvgIpc) is 2.48. The van der Waals surface area contributed by atoms with Gasteiger partial charge in [0.05, 0.1) is 23.7 Å². The maximum Gasteiger partial charge on any atom is 0.276 e. The Morgan fingerprint density at radius 2 is 2.38 bits per heavy atom. The first-order chi connectivity index (χ1) is 10.1. The predicted octanol–water partition coefficient (Wildman–Crippen LogP) is 2.28. The van der Waals surface area contributed by atoms with Crippen LogP contribution in [-0.2, 0) is 4.74 Å². The van der Waals surface area contributed by atoms with Crippen molar-refractivity contribution in [1.82, 2.24) is 4.98 Å². The fourth-order valence-corrected chi connectivity index (χ4v) is 2.51. The molecule has 7 nitrogen and oxygen atoms in total. The van der Waals surface area contributed by atoms with Crippen LogP contribution in [0, 0.1) is 16.0 Å². The Balaban J connectivity index is 2.13. The van der Waals surface area contributed by atoms with E-state index in [4.69, 9.17) is 4.74 Å². The van der Waals surface area contributed by atoms with Crippen molar-refractivity contribution in [1.29, 1.82) is 0 Å². The molecule has 1 aromatic rings. The van der Waals surface area contributed by atoms with Crippen LogP contribution < -0.4 is 10.2 Å². The van der Waals surface area contributed by atoms with E-state index in [1.165, 1.54) is 12.1 Å². The van der Waals surface area contributed by atoms with Crippen LogP contribution in [0.15, 0.2) is 12.1 Å². The van der Waals surface area contributed by atoms with Gasteiger partial charge in [-0.15, -0.1) is 0 Å². The summed E-state index contributed by atoms with van der Waals surface area (Å²) in [6.45, 7) is 4.98. The topological polar surface area (TPSA) is 80.5 Å². The smallest absolute Gasteiger partial charge is 0.276 e. The van der Waals surface area contributed by atoms with Crippen molar-refractivity contribution in [2.75, 3.05) is 43.6 Å². The Bertz CT molecular complexity index is 489. The van der Waals surface area contributed by atoms with Crippen molar-refractivity contribution in [2.45, 2.75) is 19.8 Å². The molecule has 21 heavy (non-hydrogen) atoms. The lowest BCUT2D eigenvalue weighted by Gasteiger charge is -2.27. The number of nitro groups is 1. The van der Waals surface area contributed by atoms with Gasteiger partial charge in [-0.3, -0.25) is 10.1 Å². The van der Waals surface area contributed by atoms with E-state index in [-0.39, 0.29) is 10.6 Å². The maximum absolute atomic E-state index is 11.0. The van der Waals surface area contributed by atoms with Gasteiger partial charge < -0.3 is 15.0 Å². The molecule has 7 heteroatoms. The molecule has 1 unspecified atom stereocenters. The van der Waals surface area contributed by atoms with Gasteiger partial charge in [-0.1, -0.05) is 0 Å². The third-order valence-corrected chi connectivity index (χ3v) is 3.54. The van der Waals surface area contributed by atoms with Gasteiger partial charge in [0, 0.05) is 26.7 Å². The SMILES string of the molecule is CCNc1cc([N+](=O)[O-])cc(N(C)CC2CCCOC2)n1. The van der Waals surface area contributed by atoms with Gasteiger partial charge in [0.1, 0.15) is 11.6 Å². The van der Waals surface area contributed by atoms with Gasteiger partial charge in [-0.05, 0) is 25.7 Å². The number of hydrogen-bond donors (Lipinski definition) is 1. The third-order valence-electron chi connectivity index (χ3n) is 3.54. The van der Waals surface area contributed by atoms with Gasteiger partial charge in [0.25, 0.3) is 5.69 Å². The number of anilines is 2. The molecule has 1 aliphatic rings. The van der Waals surface area contributed by atoms with Crippen LogP contribution in [0.5, 0.6) is 0 Å². The van der Waals surface area contributed by atoms with Gasteiger partial charge in [-0.2, -0.15) is 0 Å². The number of nitrogens with zero attached hydrogens (tertiary/aromatic N) is 3. The summed E-state index contributed by atoms with van der Waals surface area (Å²) in [5.41, 5.74) is 0.0581. The minimum Gasteiger partial charge on any atom is -0.381 e. The minimum atomic E-state index is -0.385. The zero-order valence-electron chi connectivity index (χ0n) is 12.5. The number of nitrogens with one attached hydrogen (secondary N) is 1. The Kier molecular flexibility index (Phi) is 5.32. The molecule has 1 aromatic heterocycles. The highest BCUT2D eigenvalue weighted by Gasteiger charge is 2.19. The lowest BCUT2D eigenvalue weighted by atomic mass is 10.0. The molecule has 0 radical (unpaired) electrons. The average molecular weight is 294 g/mol. The molecule has 1 aliphatic heterocycles. The van der Waals surface area contributed by atoms with Crippen LogP contribution in [0.2, 0.25) is 0 Å². The molecule has 1 saturated heterocycles. The lowest BCUT2D eigenvalue weighted by molar-refractivity contribution is -0.384. The highest BCUT2D eigenvalue weighted by molar-refractivity contribution is 5.55. The van der Waals surface area contributed by atoms with E-state index < -0.39 is 0 Å². The highest BCUT2D eigenvalue weighted by atomic mass is 16.6. The molecular formula is C14H22N4O3. The minimum absolute atomic E-state index is 0.0581. The first kappa shape index (κ1) is 15.5. The summed E-state index contributed by atoms with van der Waals surface area (Å²) >= 11 is 0. The monoisotopic (exact) mass is 294 g/mol. The van der Waals surface area contributed by atoms with Crippen LogP contribution >= 0.6 is 0 Å². The van der Waals surface area contributed by atoms with Crippen LogP contribution in [-0.4, -0.2) is 43.3 Å². The summed E-state index contributed by atoms with van der Waals surface area (Å²) in [5, 5.41) is 14.1. The predicted molar refractivity (Wildman–Crippen MR) is 81.9 cm³/mol. The maximum atomic E-state index is 11.0. The first-order valence-corrected chi connectivity index (χ1v) is 7.29. The summed E-state index contributed by atoms with van der Waals surface area (Å²) in [5.74, 6) is 1.60.